The Morgan fingerprint density at radius 2 is 1.85 bits per heavy atom. The zero-order chi connectivity index (χ0) is 19.4. The molecule has 0 radical (unpaired) electrons. The lowest BCUT2D eigenvalue weighted by atomic mass is 10.0. The lowest BCUT2D eigenvalue weighted by Crippen LogP contribution is -2.39. The molecule has 0 saturated carbocycles. The molecule has 1 aliphatic rings. The fourth-order valence-electron chi connectivity index (χ4n) is 3.04. The van der Waals surface area contributed by atoms with Crippen LogP contribution in [0.3, 0.4) is 0 Å². The summed E-state index contributed by atoms with van der Waals surface area (Å²) in [5.74, 6) is 0.845. The van der Waals surface area contributed by atoms with E-state index in [1.54, 1.807) is 29.2 Å². The van der Waals surface area contributed by atoms with Crippen LogP contribution in [0.15, 0.2) is 48.5 Å². The third-order valence-corrected chi connectivity index (χ3v) is 4.80. The van der Waals surface area contributed by atoms with E-state index in [9.17, 15) is 9.59 Å². The number of amides is 2. The van der Waals surface area contributed by atoms with Crippen molar-refractivity contribution in [1.29, 1.82) is 0 Å². The van der Waals surface area contributed by atoms with Gasteiger partial charge in [0.15, 0.2) is 6.61 Å². The highest BCUT2D eigenvalue weighted by molar-refractivity contribution is 6.30. The molecule has 1 N–H and O–H groups in total. The number of rotatable bonds is 6. The number of carbonyl (C=O) groups is 2. The summed E-state index contributed by atoms with van der Waals surface area (Å²) in [7, 11) is 0. The minimum atomic E-state index is -0.237. The summed E-state index contributed by atoms with van der Waals surface area (Å²) in [5.41, 5.74) is 2.00. The smallest absolute Gasteiger partial charge is 0.258 e. The SMILES string of the molecule is CC(C)c1ccc(OCC(=O)NC2CC(=O)N(c3ccc(Cl)cc3)C2)cc1. The van der Waals surface area contributed by atoms with Gasteiger partial charge in [0.1, 0.15) is 5.75 Å². The quantitative estimate of drug-likeness (QED) is 0.822. The third kappa shape index (κ3) is 5.01. The Morgan fingerprint density at radius 1 is 1.19 bits per heavy atom. The molecule has 1 aliphatic heterocycles. The first-order valence-electron chi connectivity index (χ1n) is 9.00. The summed E-state index contributed by atoms with van der Waals surface area (Å²) in [6.45, 7) is 4.61. The molecule has 3 rings (SSSR count). The van der Waals surface area contributed by atoms with Gasteiger partial charge in [-0.3, -0.25) is 9.59 Å². The highest BCUT2D eigenvalue weighted by Gasteiger charge is 2.31. The van der Waals surface area contributed by atoms with Crippen molar-refractivity contribution in [2.75, 3.05) is 18.1 Å². The van der Waals surface area contributed by atoms with E-state index in [0.29, 0.717) is 23.2 Å². The Bertz CT molecular complexity index is 803. The largest absolute Gasteiger partial charge is 0.484 e. The van der Waals surface area contributed by atoms with Crippen LogP contribution in [0.25, 0.3) is 0 Å². The number of benzene rings is 2. The lowest BCUT2D eigenvalue weighted by Gasteiger charge is -2.17. The topological polar surface area (TPSA) is 58.6 Å². The van der Waals surface area contributed by atoms with Crippen LogP contribution in [0.2, 0.25) is 5.02 Å². The second kappa shape index (κ2) is 8.44. The molecule has 0 bridgehead atoms. The van der Waals surface area contributed by atoms with Crippen LogP contribution in [-0.4, -0.2) is 31.0 Å². The minimum Gasteiger partial charge on any atom is -0.484 e. The average molecular weight is 387 g/mol. The summed E-state index contributed by atoms with van der Waals surface area (Å²) >= 11 is 5.89. The summed E-state index contributed by atoms with van der Waals surface area (Å²) in [6.07, 6.45) is 0.275. The van der Waals surface area contributed by atoms with Crippen LogP contribution < -0.4 is 15.0 Å². The number of nitrogens with zero attached hydrogens (tertiary/aromatic N) is 1. The number of ether oxygens (including phenoxy) is 1. The zero-order valence-corrected chi connectivity index (χ0v) is 16.2. The summed E-state index contributed by atoms with van der Waals surface area (Å²) in [4.78, 5) is 26.0. The second-order valence-electron chi connectivity index (χ2n) is 6.96. The van der Waals surface area contributed by atoms with Crippen molar-refractivity contribution in [1.82, 2.24) is 5.32 Å². The van der Waals surface area contributed by atoms with E-state index < -0.39 is 0 Å². The maximum atomic E-state index is 12.2. The maximum absolute atomic E-state index is 12.2. The molecule has 27 heavy (non-hydrogen) atoms. The molecule has 1 saturated heterocycles. The molecule has 2 amide bonds. The van der Waals surface area contributed by atoms with Crippen LogP contribution in [0.4, 0.5) is 5.69 Å². The minimum absolute atomic E-state index is 0.0205. The zero-order valence-electron chi connectivity index (χ0n) is 15.4. The highest BCUT2D eigenvalue weighted by atomic mass is 35.5. The van der Waals surface area contributed by atoms with Gasteiger partial charge in [-0.25, -0.2) is 0 Å². The predicted octanol–water partition coefficient (Wildman–Crippen LogP) is 3.76. The average Bonchev–Trinajstić information content (AvgIpc) is 3.01. The fraction of sp³-hybridized carbons (Fsp3) is 0.333. The van der Waals surface area contributed by atoms with Crippen molar-refractivity contribution in [3.8, 4) is 5.75 Å². The van der Waals surface area contributed by atoms with E-state index in [4.69, 9.17) is 16.3 Å². The third-order valence-electron chi connectivity index (χ3n) is 4.55. The molecule has 1 unspecified atom stereocenters. The van der Waals surface area contributed by atoms with Gasteiger partial charge in [0, 0.05) is 23.7 Å². The molecule has 0 aliphatic carbocycles. The van der Waals surface area contributed by atoms with Gasteiger partial charge in [-0.1, -0.05) is 37.6 Å². The molecule has 142 valence electrons. The Hall–Kier alpha value is -2.53. The number of halogens is 1. The van der Waals surface area contributed by atoms with Gasteiger partial charge in [-0.15, -0.1) is 0 Å². The van der Waals surface area contributed by atoms with Crippen molar-refractivity contribution in [3.63, 3.8) is 0 Å². The van der Waals surface area contributed by atoms with Gasteiger partial charge in [0.2, 0.25) is 5.91 Å². The van der Waals surface area contributed by atoms with Crippen LogP contribution in [-0.2, 0) is 9.59 Å². The number of carbonyl (C=O) groups excluding carboxylic acids is 2. The Balaban J connectivity index is 1.49. The van der Waals surface area contributed by atoms with Crippen LogP contribution in [0.1, 0.15) is 31.7 Å². The predicted molar refractivity (Wildman–Crippen MR) is 106 cm³/mol. The van der Waals surface area contributed by atoms with Crippen molar-refractivity contribution >= 4 is 29.1 Å². The first kappa shape index (κ1) is 19.2. The number of hydrogen-bond acceptors (Lipinski definition) is 3. The van der Waals surface area contributed by atoms with E-state index in [2.05, 4.69) is 19.2 Å². The number of nitrogens with one attached hydrogen (secondary N) is 1. The molecule has 0 spiro atoms. The standard InChI is InChI=1S/C21H23ClN2O3/c1-14(2)15-3-9-19(10-4-15)27-13-20(25)23-17-11-21(26)24(12-17)18-7-5-16(22)6-8-18/h3-10,14,17H,11-13H2,1-2H3,(H,23,25). The molecule has 0 aromatic heterocycles. The first-order chi connectivity index (χ1) is 12.9. The van der Waals surface area contributed by atoms with Crippen molar-refractivity contribution < 1.29 is 14.3 Å². The molecule has 1 atom stereocenters. The van der Waals surface area contributed by atoms with Gasteiger partial charge in [-0.2, -0.15) is 0 Å². The van der Waals surface area contributed by atoms with E-state index in [-0.39, 0.29) is 30.9 Å². The van der Waals surface area contributed by atoms with Crippen molar-refractivity contribution in [3.05, 3.63) is 59.1 Å². The summed E-state index contributed by atoms with van der Waals surface area (Å²) in [5, 5.41) is 3.49. The normalized spacial score (nSPS) is 16.7. The van der Waals surface area contributed by atoms with Gasteiger partial charge in [0.05, 0.1) is 6.04 Å². The Morgan fingerprint density at radius 3 is 2.48 bits per heavy atom. The van der Waals surface area contributed by atoms with E-state index in [0.717, 1.165) is 5.69 Å². The molecule has 2 aromatic rings. The second-order valence-corrected chi connectivity index (χ2v) is 7.40. The first-order valence-corrected chi connectivity index (χ1v) is 9.38. The highest BCUT2D eigenvalue weighted by Crippen LogP contribution is 2.23. The van der Waals surface area contributed by atoms with Crippen LogP contribution >= 0.6 is 11.6 Å². The van der Waals surface area contributed by atoms with Gasteiger partial charge >= 0.3 is 0 Å². The van der Waals surface area contributed by atoms with E-state index in [1.165, 1.54) is 5.56 Å². The number of anilines is 1. The Kier molecular flexibility index (Phi) is 6.01. The molecule has 1 fully saturated rings. The van der Waals surface area contributed by atoms with Crippen molar-refractivity contribution in [2.45, 2.75) is 32.2 Å². The van der Waals surface area contributed by atoms with Crippen LogP contribution in [0.5, 0.6) is 5.75 Å². The van der Waals surface area contributed by atoms with Crippen molar-refractivity contribution in [2.24, 2.45) is 0 Å². The van der Waals surface area contributed by atoms with Gasteiger partial charge in [0.25, 0.3) is 5.91 Å². The summed E-state index contributed by atoms with van der Waals surface area (Å²) < 4.78 is 5.54. The number of hydrogen-bond donors (Lipinski definition) is 1. The molecule has 6 heteroatoms. The Labute approximate surface area is 164 Å². The lowest BCUT2D eigenvalue weighted by molar-refractivity contribution is -0.123. The fourth-order valence-corrected chi connectivity index (χ4v) is 3.17. The maximum Gasteiger partial charge on any atom is 0.258 e. The monoisotopic (exact) mass is 386 g/mol. The van der Waals surface area contributed by atoms with Gasteiger partial charge < -0.3 is 15.0 Å². The van der Waals surface area contributed by atoms with E-state index in [1.807, 2.05) is 24.3 Å². The molecular weight excluding hydrogens is 364 g/mol. The molecule has 5 nitrogen and oxygen atoms in total. The molecule has 1 heterocycles. The van der Waals surface area contributed by atoms with Gasteiger partial charge in [-0.05, 0) is 47.9 Å². The molecule has 2 aromatic carbocycles. The van der Waals surface area contributed by atoms with Crippen LogP contribution in [0, 0.1) is 0 Å². The molecular formula is C21H23ClN2O3. The van der Waals surface area contributed by atoms with E-state index >= 15 is 0 Å². The summed E-state index contributed by atoms with van der Waals surface area (Å²) in [6, 6.07) is 14.6.